The highest BCUT2D eigenvalue weighted by molar-refractivity contribution is 5.89. The molecule has 2 aromatic rings. The van der Waals surface area contributed by atoms with Crippen LogP contribution in [0.5, 0.6) is 0 Å². The number of benzene rings is 2. The molecule has 0 aliphatic carbocycles. The Balaban J connectivity index is 1.54. The van der Waals surface area contributed by atoms with Gasteiger partial charge >= 0.3 is 5.97 Å². The highest BCUT2D eigenvalue weighted by Gasteiger charge is 2.54. The van der Waals surface area contributed by atoms with Gasteiger partial charge in [0.2, 0.25) is 5.91 Å². The molecule has 0 radical (unpaired) electrons. The third-order valence-corrected chi connectivity index (χ3v) is 6.58. The molecule has 2 aliphatic heterocycles. The van der Waals surface area contributed by atoms with E-state index < -0.39 is 17.7 Å². The van der Waals surface area contributed by atoms with Crippen LogP contribution in [0.15, 0.2) is 60.7 Å². The molecule has 6 heteroatoms. The van der Waals surface area contributed by atoms with Crippen molar-refractivity contribution < 1.29 is 19.4 Å². The summed E-state index contributed by atoms with van der Waals surface area (Å²) in [7, 11) is 0. The molecule has 2 unspecified atom stereocenters. The second-order valence-corrected chi connectivity index (χ2v) is 8.45. The van der Waals surface area contributed by atoms with Crippen molar-refractivity contribution in [3.8, 4) is 0 Å². The Kier molecular flexibility index (Phi) is 6.39. The number of carbonyl (C=O) groups excluding carboxylic acids is 1. The van der Waals surface area contributed by atoms with Crippen molar-refractivity contribution in [3.05, 3.63) is 71.8 Å². The van der Waals surface area contributed by atoms with E-state index in [4.69, 9.17) is 4.74 Å². The third-order valence-electron chi connectivity index (χ3n) is 6.58. The first kappa shape index (κ1) is 21.5. The van der Waals surface area contributed by atoms with Gasteiger partial charge in [0.1, 0.15) is 5.72 Å². The summed E-state index contributed by atoms with van der Waals surface area (Å²) in [4.78, 5) is 29.6. The summed E-state index contributed by atoms with van der Waals surface area (Å²) in [5.74, 6) is -1.51. The van der Waals surface area contributed by atoms with Gasteiger partial charge in [-0.2, -0.15) is 0 Å². The quantitative estimate of drug-likeness (QED) is 0.772. The van der Waals surface area contributed by atoms with Crippen molar-refractivity contribution in [2.24, 2.45) is 0 Å². The van der Waals surface area contributed by atoms with Crippen LogP contribution in [0.25, 0.3) is 0 Å². The molecule has 2 atom stereocenters. The maximum Gasteiger partial charge on any atom is 0.328 e. The normalized spacial score (nSPS) is 21.8. The second-order valence-electron chi connectivity index (χ2n) is 8.45. The van der Waals surface area contributed by atoms with Gasteiger partial charge in [-0.05, 0) is 17.5 Å². The number of carboxylic acids is 1. The van der Waals surface area contributed by atoms with Crippen LogP contribution in [0.2, 0.25) is 0 Å². The number of hydrogen-bond acceptors (Lipinski definition) is 4. The average molecular weight is 423 g/mol. The first-order chi connectivity index (χ1) is 15.0. The lowest BCUT2D eigenvalue weighted by Crippen LogP contribution is -2.59. The van der Waals surface area contributed by atoms with Crippen molar-refractivity contribution in [2.45, 2.75) is 50.4 Å². The molecule has 0 aromatic heterocycles. The molecule has 1 N–H and O–H groups in total. The number of carboxylic acid groups (broad SMARTS) is 1. The molecular weight excluding hydrogens is 392 g/mol. The zero-order chi connectivity index (χ0) is 21.8. The van der Waals surface area contributed by atoms with E-state index in [-0.39, 0.29) is 18.4 Å². The van der Waals surface area contributed by atoms with Crippen molar-refractivity contribution in [1.29, 1.82) is 0 Å². The zero-order valence-corrected chi connectivity index (χ0v) is 17.9. The Hall–Kier alpha value is -2.70. The number of aliphatic carboxylic acids is 1. The molecule has 4 rings (SSSR count). The van der Waals surface area contributed by atoms with Gasteiger partial charge in [0.05, 0.1) is 12.5 Å². The first-order valence-corrected chi connectivity index (χ1v) is 11.1. The van der Waals surface area contributed by atoms with E-state index in [1.807, 2.05) is 55.5 Å². The zero-order valence-electron chi connectivity index (χ0n) is 17.9. The van der Waals surface area contributed by atoms with E-state index >= 15 is 0 Å². The van der Waals surface area contributed by atoms with Crippen LogP contribution < -0.4 is 0 Å². The number of rotatable bonds is 6. The second kappa shape index (κ2) is 9.20. The predicted molar refractivity (Wildman–Crippen MR) is 117 cm³/mol. The molecule has 31 heavy (non-hydrogen) atoms. The number of likely N-dealkylation sites (tertiary alicyclic amines) is 1. The highest BCUT2D eigenvalue weighted by atomic mass is 16.5. The van der Waals surface area contributed by atoms with E-state index in [1.54, 1.807) is 4.90 Å². The fraction of sp³-hybridized carbons (Fsp3) is 0.440. The van der Waals surface area contributed by atoms with Crippen LogP contribution in [-0.4, -0.2) is 58.2 Å². The summed E-state index contributed by atoms with van der Waals surface area (Å²) in [6.07, 6.45) is 1.84. The first-order valence-electron chi connectivity index (χ1n) is 11.1. The molecule has 0 saturated carbocycles. The maximum absolute atomic E-state index is 13.7. The smallest absolute Gasteiger partial charge is 0.328 e. The van der Waals surface area contributed by atoms with E-state index in [9.17, 15) is 14.7 Å². The molecule has 2 aromatic carbocycles. The topological polar surface area (TPSA) is 70.1 Å². The van der Waals surface area contributed by atoms with E-state index in [2.05, 4.69) is 17.0 Å². The molecule has 0 bridgehead atoms. The van der Waals surface area contributed by atoms with Gasteiger partial charge in [-0.3, -0.25) is 14.6 Å². The van der Waals surface area contributed by atoms with Crippen LogP contribution in [0.3, 0.4) is 0 Å². The van der Waals surface area contributed by atoms with Gasteiger partial charge in [0.15, 0.2) is 6.04 Å². The highest BCUT2D eigenvalue weighted by Crippen LogP contribution is 2.40. The van der Waals surface area contributed by atoms with Crippen LogP contribution in [0.4, 0.5) is 0 Å². The lowest BCUT2D eigenvalue weighted by atomic mass is 9.91. The Morgan fingerprint density at radius 3 is 2.26 bits per heavy atom. The Morgan fingerprint density at radius 1 is 1.06 bits per heavy atom. The third kappa shape index (κ3) is 4.36. The minimum atomic E-state index is -1.00. The Bertz CT molecular complexity index is 894. The number of amides is 1. The average Bonchev–Trinajstić information content (AvgIpc) is 3.16. The standard InChI is InChI=1S/C25H30N2O4/c1-2-21(20-11-7-4-8-12-20)23(28)27-22(24(29)30)18-31-25(27)13-15-26(16-14-25)17-19-9-5-3-6-10-19/h3-12,21-22H,2,13-18H2,1H3,(H,29,30). The molecule has 6 nitrogen and oxygen atoms in total. The summed E-state index contributed by atoms with van der Waals surface area (Å²) >= 11 is 0. The number of hydrogen-bond donors (Lipinski definition) is 1. The number of carbonyl (C=O) groups is 2. The largest absolute Gasteiger partial charge is 0.480 e. The molecular formula is C25H30N2O4. The molecule has 2 aliphatic rings. The lowest BCUT2D eigenvalue weighted by Gasteiger charge is -2.45. The predicted octanol–water partition coefficient (Wildman–Crippen LogP) is 3.48. The summed E-state index contributed by atoms with van der Waals surface area (Å²) in [6, 6.07) is 19.0. The number of nitrogens with zero attached hydrogens (tertiary/aromatic N) is 2. The SMILES string of the molecule is CCC(C(=O)N1C(C(=O)O)COC12CCN(Cc1ccccc1)CC2)c1ccccc1. The molecule has 2 fully saturated rings. The minimum absolute atomic E-state index is 0.0466. The van der Waals surface area contributed by atoms with Gasteiger partial charge in [-0.1, -0.05) is 67.6 Å². The van der Waals surface area contributed by atoms with Crippen LogP contribution in [-0.2, 0) is 20.9 Å². The van der Waals surface area contributed by atoms with E-state index in [0.717, 1.165) is 25.2 Å². The van der Waals surface area contributed by atoms with E-state index in [0.29, 0.717) is 19.3 Å². The van der Waals surface area contributed by atoms with Crippen LogP contribution in [0, 0.1) is 0 Å². The van der Waals surface area contributed by atoms with Gasteiger partial charge in [-0.25, -0.2) is 4.79 Å². The monoisotopic (exact) mass is 422 g/mol. The Labute approximate surface area is 183 Å². The van der Waals surface area contributed by atoms with Crippen LogP contribution >= 0.6 is 0 Å². The van der Waals surface area contributed by atoms with Crippen LogP contribution in [0.1, 0.15) is 43.2 Å². The number of ether oxygens (including phenoxy) is 1. The summed E-state index contributed by atoms with van der Waals surface area (Å²) in [6.45, 7) is 4.37. The maximum atomic E-state index is 13.7. The molecule has 1 spiro atoms. The fourth-order valence-electron chi connectivity index (χ4n) is 4.89. The van der Waals surface area contributed by atoms with Gasteiger partial charge in [-0.15, -0.1) is 0 Å². The molecule has 164 valence electrons. The van der Waals surface area contributed by atoms with Gasteiger partial charge in [0, 0.05) is 32.5 Å². The Morgan fingerprint density at radius 2 is 1.68 bits per heavy atom. The van der Waals surface area contributed by atoms with E-state index in [1.165, 1.54) is 5.56 Å². The van der Waals surface area contributed by atoms with Crippen molar-refractivity contribution in [2.75, 3.05) is 19.7 Å². The van der Waals surface area contributed by atoms with Gasteiger partial charge < -0.3 is 9.84 Å². The molecule has 1 amide bonds. The fourth-order valence-corrected chi connectivity index (χ4v) is 4.89. The number of piperidine rings is 1. The van der Waals surface area contributed by atoms with Crippen molar-refractivity contribution >= 4 is 11.9 Å². The summed E-state index contributed by atoms with van der Waals surface area (Å²) in [5, 5.41) is 9.83. The lowest BCUT2D eigenvalue weighted by molar-refractivity contribution is -0.167. The molecule has 2 heterocycles. The van der Waals surface area contributed by atoms with Gasteiger partial charge in [0.25, 0.3) is 0 Å². The summed E-state index contributed by atoms with van der Waals surface area (Å²) in [5.41, 5.74) is 1.33. The minimum Gasteiger partial charge on any atom is -0.480 e. The van der Waals surface area contributed by atoms with Crippen molar-refractivity contribution in [3.63, 3.8) is 0 Å². The molecule has 2 saturated heterocycles. The van der Waals surface area contributed by atoms with Crippen molar-refractivity contribution in [1.82, 2.24) is 9.80 Å². The summed E-state index contributed by atoms with van der Waals surface area (Å²) < 4.78 is 6.12.